The summed E-state index contributed by atoms with van der Waals surface area (Å²) in [7, 11) is -2.25. The minimum atomic E-state index is -2.25. The van der Waals surface area contributed by atoms with Crippen LogP contribution in [0.2, 0.25) is 0 Å². The first-order chi connectivity index (χ1) is 15.5. The van der Waals surface area contributed by atoms with Crippen LogP contribution in [0.4, 0.5) is 0 Å². The van der Waals surface area contributed by atoms with Crippen molar-refractivity contribution in [2.45, 2.75) is 13.8 Å². The number of nitrogens with zero attached hydrogens (tertiary/aromatic N) is 1. The second kappa shape index (κ2) is 9.01. The van der Waals surface area contributed by atoms with E-state index in [0.29, 0.717) is 0 Å². The Morgan fingerprint density at radius 2 is 1.42 bits per heavy atom. The number of pyridine rings is 1. The normalized spacial score (nSPS) is 13.6. The van der Waals surface area contributed by atoms with Crippen molar-refractivity contribution in [2.24, 2.45) is 0 Å². The molecule has 2 aliphatic heterocycles. The third kappa shape index (κ3) is 3.52. The summed E-state index contributed by atoms with van der Waals surface area (Å²) in [5.74, 6) is -0.0625. The van der Waals surface area contributed by atoms with Crippen LogP contribution in [0.3, 0.4) is 0 Å². The van der Waals surface area contributed by atoms with Crippen LogP contribution in [0, 0.1) is 6.07 Å². The molecule has 165 valence electrons. The van der Waals surface area contributed by atoms with Gasteiger partial charge < -0.3 is 10.1 Å². The maximum atomic E-state index is 10.0. The fourth-order valence-corrected chi connectivity index (χ4v) is 10.6. The summed E-state index contributed by atoms with van der Waals surface area (Å²) < 4.78 is 0. The average molecular weight is 535 g/mol. The van der Waals surface area contributed by atoms with Crippen molar-refractivity contribution in [1.82, 2.24) is 4.98 Å². The van der Waals surface area contributed by atoms with Gasteiger partial charge in [0.15, 0.2) is 5.78 Å². The molecule has 3 nitrogen and oxygen atoms in total. The van der Waals surface area contributed by atoms with Crippen molar-refractivity contribution in [3.05, 3.63) is 103 Å². The van der Waals surface area contributed by atoms with Gasteiger partial charge in [-0.25, -0.2) is 0 Å². The molecule has 0 unspecified atom stereocenters. The summed E-state index contributed by atoms with van der Waals surface area (Å²) >= 11 is 0. The molecule has 1 N–H and O–H groups in total. The number of hydrogen-bond acceptors (Lipinski definition) is 3. The van der Waals surface area contributed by atoms with Crippen molar-refractivity contribution in [2.75, 3.05) is 0 Å². The molecular weight excluding hydrogens is 513 g/mol. The van der Waals surface area contributed by atoms with E-state index >= 15 is 0 Å². The van der Waals surface area contributed by atoms with Gasteiger partial charge in [0, 0.05) is 31.8 Å². The van der Waals surface area contributed by atoms with E-state index in [1.807, 2.05) is 12.3 Å². The Morgan fingerprint density at radius 3 is 2.00 bits per heavy atom. The smallest absolute Gasteiger partial charge is 0.155 e. The predicted molar refractivity (Wildman–Crippen MR) is 132 cm³/mol. The van der Waals surface area contributed by atoms with E-state index in [1.165, 1.54) is 57.4 Å². The van der Waals surface area contributed by atoms with Crippen LogP contribution >= 0.6 is 0 Å². The standard InChI is InChI=1S/C23H14NSi.C5H8O2.Rh/c1-4-11-19-16(8-1)17-9-2-5-12-20(17)25(19)21-13-6-3-10-18(21)23-22(25)14-7-15-24-23;1-4(6)3-5(2)7;/h1-9,11-15H;3,6H,1-2H3;/q-1;;/b;4-3-;. The second-order valence-electron chi connectivity index (χ2n) is 8.10. The first-order valence-corrected chi connectivity index (χ1v) is 12.6. The Labute approximate surface area is 207 Å². The molecule has 0 saturated heterocycles. The fraction of sp³-hybridized carbons (Fsp3) is 0.0714. The van der Waals surface area contributed by atoms with E-state index in [-0.39, 0.29) is 31.0 Å². The van der Waals surface area contributed by atoms with Gasteiger partial charge in [0.25, 0.3) is 0 Å². The number of hydrogen-bond donors (Lipinski definition) is 1. The van der Waals surface area contributed by atoms with E-state index in [4.69, 9.17) is 10.1 Å². The molecule has 3 aromatic carbocycles. The summed E-state index contributed by atoms with van der Waals surface area (Å²) in [4.78, 5) is 14.8. The largest absolute Gasteiger partial charge is 0.512 e. The zero-order chi connectivity index (χ0) is 22.3. The van der Waals surface area contributed by atoms with Crippen molar-refractivity contribution < 1.29 is 29.4 Å². The molecule has 0 fully saturated rings. The number of aromatic nitrogens is 1. The van der Waals surface area contributed by atoms with Crippen molar-refractivity contribution >= 4 is 34.6 Å². The molecule has 1 aromatic heterocycles. The maximum absolute atomic E-state index is 10.0. The number of benzene rings is 3. The third-order valence-electron chi connectivity index (χ3n) is 6.07. The Balaban J connectivity index is 0.000000287. The molecule has 2 aliphatic rings. The number of rotatable bonds is 1. The van der Waals surface area contributed by atoms with E-state index < -0.39 is 8.07 Å². The molecule has 5 heteroatoms. The topological polar surface area (TPSA) is 50.2 Å². The van der Waals surface area contributed by atoms with Gasteiger partial charge in [0.2, 0.25) is 0 Å². The van der Waals surface area contributed by atoms with Gasteiger partial charge in [0.05, 0.1) is 5.76 Å². The quantitative estimate of drug-likeness (QED) is 0.152. The van der Waals surface area contributed by atoms with E-state index in [0.717, 1.165) is 5.69 Å². The van der Waals surface area contributed by atoms with E-state index in [1.54, 1.807) is 0 Å². The molecule has 0 amide bonds. The summed E-state index contributed by atoms with van der Waals surface area (Å²) in [5.41, 5.74) is 5.08. The molecule has 3 heterocycles. The Hall–Kier alpha value is -3.14. The van der Waals surface area contributed by atoms with Crippen LogP contribution in [0.1, 0.15) is 13.8 Å². The van der Waals surface area contributed by atoms with Crippen LogP contribution in [0.5, 0.6) is 0 Å². The maximum Gasteiger partial charge on any atom is 0.155 e. The Kier molecular flexibility index (Phi) is 6.29. The predicted octanol–water partition coefficient (Wildman–Crippen LogP) is 3.25. The molecule has 0 saturated carbocycles. The van der Waals surface area contributed by atoms with Gasteiger partial charge in [-0.2, -0.15) is 0 Å². The number of carbonyl (C=O) groups is 1. The summed E-state index contributed by atoms with van der Waals surface area (Å²) in [5, 5.41) is 14.2. The molecule has 0 atom stereocenters. The van der Waals surface area contributed by atoms with Gasteiger partial charge in [-0.3, -0.25) is 4.79 Å². The van der Waals surface area contributed by atoms with Crippen LogP contribution in [0.15, 0.2) is 96.9 Å². The molecule has 33 heavy (non-hydrogen) atoms. The number of allylic oxidation sites excluding steroid dienone is 2. The van der Waals surface area contributed by atoms with Gasteiger partial charge in [0.1, 0.15) is 8.07 Å². The number of aliphatic hydroxyl groups excluding tert-OH is 1. The molecular formula is C28H22NO2RhSi-. The van der Waals surface area contributed by atoms with E-state index in [9.17, 15) is 4.79 Å². The zero-order valence-corrected chi connectivity index (χ0v) is 20.9. The summed E-state index contributed by atoms with van der Waals surface area (Å²) in [6.45, 7) is 2.85. The third-order valence-corrected chi connectivity index (χ3v) is 11.0. The molecule has 1 spiro atoms. The van der Waals surface area contributed by atoms with Crippen LogP contribution < -0.4 is 20.7 Å². The van der Waals surface area contributed by atoms with Gasteiger partial charge in [-0.15, -0.1) is 35.0 Å². The van der Waals surface area contributed by atoms with Crippen molar-refractivity contribution in [1.29, 1.82) is 0 Å². The first-order valence-electron chi connectivity index (χ1n) is 10.6. The molecule has 0 bridgehead atoms. The van der Waals surface area contributed by atoms with Crippen LogP contribution in [-0.4, -0.2) is 23.9 Å². The zero-order valence-electron chi connectivity index (χ0n) is 18.3. The van der Waals surface area contributed by atoms with Crippen LogP contribution in [0.25, 0.3) is 22.4 Å². The summed E-state index contributed by atoms with van der Waals surface area (Å²) in [6, 6.07) is 32.2. The van der Waals surface area contributed by atoms with Crippen molar-refractivity contribution in [3.63, 3.8) is 0 Å². The summed E-state index contributed by atoms with van der Waals surface area (Å²) in [6.07, 6.45) is 3.07. The number of ketones is 1. The Bertz CT molecular complexity index is 1200. The molecule has 0 aliphatic carbocycles. The minimum absolute atomic E-state index is 0. The van der Waals surface area contributed by atoms with E-state index in [2.05, 4.69) is 78.9 Å². The monoisotopic (exact) mass is 535 g/mol. The molecule has 6 rings (SSSR count). The number of carbonyl (C=O) groups excluding carboxylic acids is 1. The fourth-order valence-electron chi connectivity index (χ4n) is 5.11. The molecule has 1 radical (unpaired) electrons. The Morgan fingerprint density at radius 1 is 0.848 bits per heavy atom. The first kappa shape index (κ1) is 23.0. The average Bonchev–Trinajstić information content (AvgIpc) is 3.26. The minimum Gasteiger partial charge on any atom is -0.512 e. The van der Waals surface area contributed by atoms with Gasteiger partial charge >= 0.3 is 0 Å². The van der Waals surface area contributed by atoms with Gasteiger partial charge in [-0.1, -0.05) is 59.8 Å². The SMILES string of the molecule is CC(=O)/C=C(/C)O.[Rh].[c-]1cccc2c1-c1ncccc1[Si]21c2ccccc2-c2ccccc21. The van der Waals surface area contributed by atoms with Crippen LogP contribution in [-0.2, 0) is 24.3 Å². The number of aliphatic hydroxyl groups is 1. The second-order valence-corrected chi connectivity index (χ2v) is 11.8. The number of fused-ring (bicyclic) bond motifs is 10. The van der Waals surface area contributed by atoms with Gasteiger partial charge in [-0.05, 0) is 47.1 Å². The molecule has 4 aromatic rings. The van der Waals surface area contributed by atoms with Crippen molar-refractivity contribution in [3.8, 4) is 22.4 Å².